The first-order chi connectivity index (χ1) is 9.88. The SMILES string of the molecule is C/C(=N/NC(N)=O)c1cc2cc([N+](=O)[O-])ccc2oc1=O. The molecule has 0 aliphatic rings. The summed E-state index contributed by atoms with van der Waals surface area (Å²) in [5.74, 6) is 0. The number of amides is 2. The summed E-state index contributed by atoms with van der Waals surface area (Å²) < 4.78 is 5.05. The van der Waals surface area contributed by atoms with E-state index in [0.717, 1.165) is 0 Å². The molecule has 1 heterocycles. The van der Waals surface area contributed by atoms with Crippen LogP contribution in [-0.2, 0) is 0 Å². The zero-order valence-electron chi connectivity index (χ0n) is 10.8. The summed E-state index contributed by atoms with van der Waals surface area (Å²) in [6.07, 6.45) is 0. The van der Waals surface area contributed by atoms with E-state index in [-0.39, 0.29) is 22.5 Å². The van der Waals surface area contributed by atoms with Gasteiger partial charge >= 0.3 is 11.7 Å². The Morgan fingerprint density at radius 1 is 1.43 bits per heavy atom. The molecule has 2 rings (SSSR count). The number of carbonyl (C=O) groups excluding carboxylic acids is 1. The van der Waals surface area contributed by atoms with Gasteiger partial charge in [0.15, 0.2) is 0 Å². The molecule has 2 amide bonds. The largest absolute Gasteiger partial charge is 0.422 e. The van der Waals surface area contributed by atoms with Crippen LogP contribution in [0.4, 0.5) is 10.5 Å². The lowest BCUT2D eigenvalue weighted by Gasteiger charge is -2.02. The summed E-state index contributed by atoms with van der Waals surface area (Å²) >= 11 is 0. The third kappa shape index (κ3) is 3.03. The number of carbonyl (C=O) groups is 1. The summed E-state index contributed by atoms with van der Waals surface area (Å²) in [7, 11) is 0. The Morgan fingerprint density at radius 3 is 2.76 bits per heavy atom. The summed E-state index contributed by atoms with van der Waals surface area (Å²) in [6, 6.07) is 4.37. The normalized spacial score (nSPS) is 11.4. The number of nitro benzene ring substituents is 1. The Hall–Kier alpha value is -3.23. The van der Waals surface area contributed by atoms with Crippen molar-refractivity contribution in [3.8, 4) is 0 Å². The van der Waals surface area contributed by atoms with Crippen molar-refractivity contribution < 1.29 is 14.1 Å². The number of primary amides is 1. The maximum Gasteiger partial charge on any atom is 0.345 e. The lowest BCUT2D eigenvalue weighted by Crippen LogP contribution is -2.26. The second-order valence-corrected chi connectivity index (χ2v) is 4.10. The van der Waals surface area contributed by atoms with Gasteiger partial charge in [0.05, 0.1) is 16.2 Å². The molecule has 108 valence electrons. The molecule has 0 radical (unpaired) electrons. The molecule has 0 aliphatic heterocycles. The monoisotopic (exact) mass is 290 g/mol. The molecule has 0 aliphatic carbocycles. The molecule has 9 heteroatoms. The van der Waals surface area contributed by atoms with Crippen LogP contribution in [0.1, 0.15) is 12.5 Å². The Bertz CT molecular complexity index is 824. The van der Waals surface area contributed by atoms with E-state index in [0.29, 0.717) is 5.39 Å². The number of hydrazone groups is 1. The number of hydrogen-bond acceptors (Lipinski definition) is 6. The van der Waals surface area contributed by atoms with Gasteiger partial charge in [-0.1, -0.05) is 0 Å². The van der Waals surface area contributed by atoms with Gasteiger partial charge in [-0.05, 0) is 19.1 Å². The van der Waals surface area contributed by atoms with E-state index in [9.17, 15) is 19.7 Å². The number of hydrogen-bond donors (Lipinski definition) is 2. The topological polar surface area (TPSA) is 141 Å². The van der Waals surface area contributed by atoms with Gasteiger partial charge in [-0.15, -0.1) is 0 Å². The van der Waals surface area contributed by atoms with Crippen molar-refractivity contribution in [2.24, 2.45) is 10.8 Å². The highest BCUT2D eigenvalue weighted by atomic mass is 16.6. The number of fused-ring (bicyclic) bond motifs is 1. The average molecular weight is 290 g/mol. The van der Waals surface area contributed by atoms with Gasteiger partial charge in [0.25, 0.3) is 5.69 Å². The minimum atomic E-state index is -0.879. The van der Waals surface area contributed by atoms with Crippen molar-refractivity contribution in [2.45, 2.75) is 6.92 Å². The first kappa shape index (κ1) is 14.2. The highest BCUT2D eigenvalue weighted by Crippen LogP contribution is 2.20. The molecule has 0 saturated heterocycles. The van der Waals surface area contributed by atoms with Crippen LogP contribution in [0, 0.1) is 10.1 Å². The highest BCUT2D eigenvalue weighted by molar-refractivity contribution is 6.01. The molecule has 21 heavy (non-hydrogen) atoms. The van der Waals surface area contributed by atoms with Gasteiger partial charge in [-0.3, -0.25) is 10.1 Å². The van der Waals surface area contributed by atoms with Crippen LogP contribution in [0.3, 0.4) is 0 Å². The minimum absolute atomic E-state index is 0.0664. The van der Waals surface area contributed by atoms with Crippen molar-refractivity contribution in [2.75, 3.05) is 0 Å². The van der Waals surface area contributed by atoms with E-state index in [1.54, 1.807) is 0 Å². The summed E-state index contributed by atoms with van der Waals surface area (Å²) in [4.78, 5) is 32.6. The molecule has 0 fully saturated rings. The number of nitrogens with zero attached hydrogens (tertiary/aromatic N) is 2. The van der Waals surface area contributed by atoms with Crippen molar-refractivity contribution in [1.82, 2.24) is 5.43 Å². The third-order valence-electron chi connectivity index (χ3n) is 2.65. The zero-order valence-corrected chi connectivity index (χ0v) is 10.8. The van der Waals surface area contributed by atoms with Gasteiger partial charge in [-0.2, -0.15) is 5.10 Å². The smallest absolute Gasteiger partial charge is 0.345 e. The van der Waals surface area contributed by atoms with Gasteiger partial charge in [0, 0.05) is 17.5 Å². The molecular weight excluding hydrogens is 280 g/mol. The zero-order chi connectivity index (χ0) is 15.6. The predicted octanol–water partition coefficient (Wildman–Crippen LogP) is 1.09. The van der Waals surface area contributed by atoms with Crippen LogP contribution >= 0.6 is 0 Å². The molecular formula is C12H10N4O5. The van der Waals surface area contributed by atoms with Gasteiger partial charge in [-0.25, -0.2) is 15.0 Å². The number of benzene rings is 1. The van der Waals surface area contributed by atoms with E-state index < -0.39 is 16.6 Å². The van der Waals surface area contributed by atoms with E-state index in [4.69, 9.17) is 10.2 Å². The number of nitro groups is 1. The minimum Gasteiger partial charge on any atom is -0.422 e. The van der Waals surface area contributed by atoms with Crippen molar-refractivity contribution >= 4 is 28.4 Å². The highest BCUT2D eigenvalue weighted by Gasteiger charge is 2.12. The summed E-state index contributed by atoms with van der Waals surface area (Å²) in [5, 5.41) is 14.7. The van der Waals surface area contributed by atoms with Crippen molar-refractivity contribution in [3.63, 3.8) is 0 Å². The number of nitrogens with two attached hydrogens (primary N) is 1. The second kappa shape index (κ2) is 5.41. The maximum atomic E-state index is 11.8. The first-order valence-corrected chi connectivity index (χ1v) is 5.71. The van der Waals surface area contributed by atoms with Crippen LogP contribution in [0.5, 0.6) is 0 Å². The molecule has 0 unspecified atom stereocenters. The second-order valence-electron chi connectivity index (χ2n) is 4.10. The predicted molar refractivity (Wildman–Crippen MR) is 74.1 cm³/mol. The summed E-state index contributed by atoms with van der Waals surface area (Å²) in [6.45, 7) is 1.46. The Labute approximate surface area is 117 Å². The van der Waals surface area contributed by atoms with Crippen LogP contribution in [0.15, 0.2) is 38.6 Å². The van der Waals surface area contributed by atoms with Gasteiger partial charge in [0.1, 0.15) is 5.58 Å². The fraction of sp³-hybridized carbons (Fsp3) is 0.0833. The molecule has 9 nitrogen and oxygen atoms in total. The van der Waals surface area contributed by atoms with E-state index in [2.05, 4.69) is 5.10 Å². The molecule has 3 N–H and O–H groups in total. The molecule has 0 spiro atoms. The maximum absolute atomic E-state index is 11.8. The molecule has 1 aromatic carbocycles. The number of non-ortho nitro benzene ring substituents is 1. The van der Waals surface area contributed by atoms with Gasteiger partial charge in [0.2, 0.25) is 0 Å². The molecule has 0 saturated carbocycles. The lowest BCUT2D eigenvalue weighted by atomic mass is 10.1. The van der Waals surface area contributed by atoms with Crippen LogP contribution < -0.4 is 16.8 Å². The van der Waals surface area contributed by atoms with Crippen molar-refractivity contribution in [3.05, 3.63) is 50.4 Å². The number of nitrogens with one attached hydrogen (secondary N) is 1. The number of rotatable bonds is 3. The average Bonchev–Trinajstić information content (AvgIpc) is 2.43. The van der Waals surface area contributed by atoms with Crippen LogP contribution in [-0.4, -0.2) is 16.7 Å². The van der Waals surface area contributed by atoms with Crippen LogP contribution in [0.25, 0.3) is 11.0 Å². The van der Waals surface area contributed by atoms with Crippen molar-refractivity contribution in [1.29, 1.82) is 0 Å². The molecule has 1 aromatic heterocycles. The van der Waals surface area contributed by atoms with E-state index in [1.807, 2.05) is 5.43 Å². The Morgan fingerprint density at radius 2 is 2.14 bits per heavy atom. The van der Waals surface area contributed by atoms with E-state index >= 15 is 0 Å². The standard InChI is InChI=1S/C12H10N4O5/c1-6(14-15-12(13)18)9-5-7-4-8(16(19)20)2-3-10(7)21-11(9)17/h2-5H,1H3,(H3,13,15,18)/b14-6-. The van der Waals surface area contributed by atoms with E-state index in [1.165, 1.54) is 31.2 Å². The Balaban J connectivity index is 2.57. The van der Waals surface area contributed by atoms with Gasteiger partial charge < -0.3 is 10.2 Å². The first-order valence-electron chi connectivity index (χ1n) is 5.71. The quantitative estimate of drug-likeness (QED) is 0.376. The fourth-order valence-electron chi connectivity index (χ4n) is 1.68. The molecule has 2 aromatic rings. The lowest BCUT2D eigenvalue weighted by molar-refractivity contribution is -0.384. The Kier molecular flexibility index (Phi) is 3.65. The number of urea groups is 1. The van der Waals surface area contributed by atoms with Crippen LogP contribution in [0.2, 0.25) is 0 Å². The molecule has 0 bridgehead atoms. The summed E-state index contributed by atoms with van der Waals surface area (Å²) in [5.41, 5.74) is 6.49. The fourth-order valence-corrected chi connectivity index (χ4v) is 1.68. The molecule has 0 atom stereocenters. The third-order valence-corrected chi connectivity index (χ3v) is 2.65.